The number of nitrogens with zero attached hydrogens (tertiary/aromatic N) is 1. The average molecular weight is 259 g/mol. The molecule has 1 fully saturated rings. The fourth-order valence-corrected chi connectivity index (χ4v) is 2.66. The summed E-state index contributed by atoms with van der Waals surface area (Å²) in [5.41, 5.74) is 0.260. The van der Waals surface area contributed by atoms with Crippen LogP contribution in [-0.4, -0.2) is 37.5 Å². The number of methoxy groups -OCH3 is 1. The highest BCUT2D eigenvalue weighted by atomic mass is 16.5. The molecule has 5 nitrogen and oxygen atoms in total. The summed E-state index contributed by atoms with van der Waals surface area (Å²) in [5.74, 6) is 1.37. The van der Waals surface area contributed by atoms with Gasteiger partial charge in [-0.05, 0) is 38.1 Å². The van der Waals surface area contributed by atoms with E-state index in [2.05, 4.69) is 15.6 Å². The number of nitrogens with one attached hydrogen (secondary N) is 2. The Morgan fingerprint density at radius 2 is 2.00 bits per heavy atom. The van der Waals surface area contributed by atoms with Gasteiger partial charge in [0.2, 0.25) is 0 Å². The van der Waals surface area contributed by atoms with Crippen LogP contribution in [0.1, 0.15) is 18.4 Å². The molecule has 19 heavy (non-hydrogen) atoms. The Morgan fingerprint density at radius 3 is 2.74 bits per heavy atom. The number of piperidine rings is 1. The van der Waals surface area contributed by atoms with Gasteiger partial charge in [-0.2, -0.15) is 0 Å². The fraction of sp³-hybridized carbons (Fsp3) is 0.429. The second-order valence-corrected chi connectivity index (χ2v) is 4.90. The Balaban J connectivity index is 1.98. The largest absolute Gasteiger partial charge is 0.496 e. The van der Waals surface area contributed by atoms with Gasteiger partial charge in [0.05, 0.1) is 12.7 Å². The van der Waals surface area contributed by atoms with Crippen LogP contribution in [0.2, 0.25) is 0 Å². The molecule has 1 amide bonds. The molecule has 3 rings (SSSR count). The van der Waals surface area contributed by atoms with Gasteiger partial charge < -0.3 is 15.4 Å². The number of aliphatic imine (C=N–C) groups is 1. The molecule has 0 radical (unpaired) electrons. The van der Waals surface area contributed by atoms with E-state index in [1.807, 2.05) is 24.3 Å². The quantitative estimate of drug-likeness (QED) is 0.821. The number of para-hydroxylation sites is 1. The van der Waals surface area contributed by atoms with Crippen molar-refractivity contribution in [3.05, 3.63) is 29.8 Å². The molecule has 0 atom stereocenters. The van der Waals surface area contributed by atoms with Crippen LogP contribution >= 0.6 is 0 Å². The Kier molecular flexibility index (Phi) is 2.98. The summed E-state index contributed by atoms with van der Waals surface area (Å²) < 4.78 is 5.32. The van der Waals surface area contributed by atoms with E-state index >= 15 is 0 Å². The SMILES string of the molecule is COc1ccccc1C1=NC2(CCNCC2)C(=O)N1. The smallest absolute Gasteiger partial charge is 0.253 e. The summed E-state index contributed by atoms with van der Waals surface area (Å²) in [7, 11) is 1.62. The molecule has 100 valence electrons. The van der Waals surface area contributed by atoms with E-state index in [0.717, 1.165) is 37.2 Å². The second-order valence-electron chi connectivity index (χ2n) is 4.90. The van der Waals surface area contributed by atoms with E-state index in [1.54, 1.807) is 7.11 Å². The minimum atomic E-state index is -0.582. The third kappa shape index (κ3) is 2.00. The first kappa shape index (κ1) is 12.2. The molecule has 2 aliphatic rings. The van der Waals surface area contributed by atoms with Gasteiger partial charge in [-0.15, -0.1) is 0 Å². The van der Waals surface area contributed by atoms with Crippen LogP contribution in [0.3, 0.4) is 0 Å². The third-order valence-electron chi connectivity index (χ3n) is 3.77. The standard InChI is InChI=1S/C14H17N3O2/c1-19-11-5-3-2-4-10(11)12-16-13(18)14(17-12)6-8-15-9-7-14/h2-5,15H,6-9H2,1H3,(H,16,17,18). The highest BCUT2D eigenvalue weighted by molar-refractivity contribution is 6.16. The number of benzene rings is 1. The van der Waals surface area contributed by atoms with Gasteiger partial charge >= 0.3 is 0 Å². The summed E-state index contributed by atoms with van der Waals surface area (Å²) in [6, 6.07) is 7.61. The number of amidine groups is 1. The van der Waals surface area contributed by atoms with Crippen LogP contribution in [0.5, 0.6) is 5.75 Å². The zero-order valence-electron chi connectivity index (χ0n) is 10.9. The Hall–Kier alpha value is -1.88. The van der Waals surface area contributed by atoms with Crippen molar-refractivity contribution in [3.8, 4) is 5.75 Å². The van der Waals surface area contributed by atoms with Crippen molar-refractivity contribution in [1.82, 2.24) is 10.6 Å². The van der Waals surface area contributed by atoms with Crippen molar-refractivity contribution in [2.45, 2.75) is 18.4 Å². The van der Waals surface area contributed by atoms with Crippen molar-refractivity contribution in [2.75, 3.05) is 20.2 Å². The summed E-state index contributed by atoms with van der Waals surface area (Å²) >= 11 is 0. The summed E-state index contributed by atoms with van der Waals surface area (Å²) in [4.78, 5) is 16.9. The molecular formula is C14H17N3O2. The number of hydrogen-bond donors (Lipinski definition) is 2. The zero-order valence-corrected chi connectivity index (χ0v) is 10.9. The third-order valence-corrected chi connectivity index (χ3v) is 3.77. The highest BCUT2D eigenvalue weighted by Crippen LogP contribution is 2.30. The Labute approximate surface area is 112 Å². The molecule has 5 heteroatoms. The zero-order chi connectivity index (χ0) is 13.3. The molecule has 0 bridgehead atoms. The lowest BCUT2D eigenvalue weighted by Crippen LogP contribution is -2.47. The van der Waals surface area contributed by atoms with Crippen LogP contribution in [0.4, 0.5) is 0 Å². The fourth-order valence-electron chi connectivity index (χ4n) is 2.66. The average Bonchev–Trinajstić information content (AvgIpc) is 2.76. The maximum absolute atomic E-state index is 12.2. The van der Waals surface area contributed by atoms with Crippen LogP contribution in [0, 0.1) is 0 Å². The van der Waals surface area contributed by atoms with Crippen LogP contribution in [0.25, 0.3) is 0 Å². The molecule has 0 saturated carbocycles. The van der Waals surface area contributed by atoms with E-state index in [4.69, 9.17) is 4.74 Å². The van der Waals surface area contributed by atoms with Crippen LogP contribution in [-0.2, 0) is 4.79 Å². The lowest BCUT2D eigenvalue weighted by molar-refractivity contribution is -0.124. The molecule has 2 aliphatic heterocycles. The highest BCUT2D eigenvalue weighted by Gasteiger charge is 2.44. The molecular weight excluding hydrogens is 242 g/mol. The van der Waals surface area contributed by atoms with E-state index < -0.39 is 5.54 Å². The second kappa shape index (κ2) is 4.66. The van der Waals surface area contributed by atoms with E-state index in [9.17, 15) is 4.79 Å². The number of carbonyl (C=O) groups is 1. The van der Waals surface area contributed by atoms with Crippen LogP contribution in [0.15, 0.2) is 29.3 Å². The number of hydrogen-bond acceptors (Lipinski definition) is 4. The number of amides is 1. The predicted octanol–water partition coefficient (Wildman–Crippen LogP) is 0.694. The molecule has 1 aromatic rings. The Bertz CT molecular complexity index is 533. The molecule has 0 aromatic heterocycles. The van der Waals surface area contributed by atoms with Gasteiger partial charge in [-0.1, -0.05) is 12.1 Å². The normalized spacial score (nSPS) is 21.1. The van der Waals surface area contributed by atoms with Gasteiger partial charge in [0, 0.05) is 0 Å². The summed E-state index contributed by atoms with van der Waals surface area (Å²) in [6.07, 6.45) is 1.50. The van der Waals surface area contributed by atoms with Crippen LogP contribution < -0.4 is 15.4 Å². The van der Waals surface area contributed by atoms with Crippen molar-refractivity contribution in [3.63, 3.8) is 0 Å². The number of rotatable bonds is 2. The molecule has 1 spiro atoms. The lowest BCUT2D eigenvalue weighted by atomic mass is 9.89. The van der Waals surface area contributed by atoms with Gasteiger partial charge in [-0.3, -0.25) is 9.79 Å². The van der Waals surface area contributed by atoms with Gasteiger partial charge in [0.15, 0.2) is 0 Å². The first-order valence-electron chi connectivity index (χ1n) is 6.51. The van der Waals surface area contributed by atoms with Gasteiger partial charge in [0.1, 0.15) is 17.1 Å². The monoisotopic (exact) mass is 259 g/mol. The first-order valence-corrected chi connectivity index (χ1v) is 6.51. The maximum Gasteiger partial charge on any atom is 0.253 e. The molecule has 2 heterocycles. The van der Waals surface area contributed by atoms with E-state index in [1.165, 1.54) is 0 Å². The van der Waals surface area contributed by atoms with Crippen molar-refractivity contribution in [2.24, 2.45) is 4.99 Å². The van der Waals surface area contributed by atoms with E-state index in [-0.39, 0.29) is 5.91 Å². The number of carbonyl (C=O) groups excluding carboxylic acids is 1. The molecule has 2 N–H and O–H groups in total. The minimum Gasteiger partial charge on any atom is -0.496 e. The lowest BCUT2D eigenvalue weighted by Gasteiger charge is -2.28. The summed E-state index contributed by atoms with van der Waals surface area (Å²) in [6.45, 7) is 1.66. The van der Waals surface area contributed by atoms with Gasteiger partial charge in [-0.25, -0.2) is 0 Å². The maximum atomic E-state index is 12.2. The topological polar surface area (TPSA) is 62.7 Å². The molecule has 0 aliphatic carbocycles. The van der Waals surface area contributed by atoms with Crippen molar-refractivity contribution >= 4 is 11.7 Å². The predicted molar refractivity (Wildman–Crippen MR) is 72.5 cm³/mol. The molecule has 0 unspecified atom stereocenters. The minimum absolute atomic E-state index is 0.00917. The van der Waals surface area contributed by atoms with Gasteiger partial charge in [0.25, 0.3) is 5.91 Å². The number of ether oxygens (including phenoxy) is 1. The first-order chi connectivity index (χ1) is 9.25. The molecule has 1 aromatic carbocycles. The van der Waals surface area contributed by atoms with Crippen molar-refractivity contribution < 1.29 is 9.53 Å². The Morgan fingerprint density at radius 1 is 1.26 bits per heavy atom. The summed E-state index contributed by atoms with van der Waals surface area (Å²) in [5, 5.41) is 6.17. The van der Waals surface area contributed by atoms with E-state index in [0.29, 0.717) is 5.84 Å². The molecule has 1 saturated heterocycles. The van der Waals surface area contributed by atoms with Crippen molar-refractivity contribution in [1.29, 1.82) is 0 Å².